The molecule has 0 aliphatic heterocycles. The summed E-state index contributed by atoms with van der Waals surface area (Å²) >= 11 is 6.07. The second kappa shape index (κ2) is 6.79. The van der Waals surface area contributed by atoms with E-state index in [9.17, 15) is 0 Å². The van der Waals surface area contributed by atoms with Crippen molar-refractivity contribution < 1.29 is 5.21 Å². The summed E-state index contributed by atoms with van der Waals surface area (Å²) in [5.41, 5.74) is 6.99. The molecule has 0 fully saturated rings. The number of hydrogen-bond acceptors (Lipinski definition) is 3. The SMILES string of the molecule is C#CCCNCc1ccc(/C(N)=N\O)cc1Cl. The lowest BCUT2D eigenvalue weighted by Crippen LogP contribution is -2.16. The molecule has 4 N–H and O–H groups in total. The number of oxime groups is 1. The summed E-state index contributed by atoms with van der Waals surface area (Å²) in [5.74, 6) is 2.59. The van der Waals surface area contributed by atoms with Crippen LogP contribution in [0.5, 0.6) is 0 Å². The molecule has 0 heterocycles. The largest absolute Gasteiger partial charge is 0.409 e. The number of rotatable bonds is 5. The van der Waals surface area contributed by atoms with Crippen LogP contribution in [0.15, 0.2) is 23.4 Å². The second-order valence-corrected chi connectivity index (χ2v) is 3.83. The van der Waals surface area contributed by atoms with Gasteiger partial charge in [0.15, 0.2) is 5.84 Å². The summed E-state index contributed by atoms with van der Waals surface area (Å²) in [5, 5.41) is 15.2. The van der Waals surface area contributed by atoms with E-state index in [4.69, 9.17) is 29.0 Å². The predicted octanol–water partition coefficient (Wildman–Crippen LogP) is 1.55. The first-order valence-corrected chi connectivity index (χ1v) is 5.47. The van der Waals surface area contributed by atoms with Gasteiger partial charge in [0.2, 0.25) is 0 Å². The molecule has 0 aromatic heterocycles. The third kappa shape index (κ3) is 3.99. The van der Waals surface area contributed by atoms with Gasteiger partial charge in [0, 0.05) is 30.1 Å². The Labute approximate surface area is 105 Å². The Morgan fingerprint density at radius 2 is 2.35 bits per heavy atom. The van der Waals surface area contributed by atoms with Gasteiger partial charge >= 0.3 is 0 Å². The van der Waals surface area contributed by atoms with E-state index >= 15 is 0 Å². The molecule has 0 bridgehead atoms. The molecule has 0 unspecified atom stereocenters. The average Bonchev–Trinajstić information content (AvgIpc) is 2.35. The Morgan fingerprint density at radius 3 is 2.94 bits per heavy atom. The number of nitrogens with zero attached hydrogens (tertiary/aromatic N) is 1. The van der Waals surface area contributed by atoms with Gasteiger partial charge < -0.3 is 16.3 Å². The van der Waals surface area contributed by atoms with E-state index in [0.29, 0.717) is 23.6 Å². The van der Waals surface area contributed by atoms with Crippen molar-refractivity contribution >= 4 is 17.4 Å². The molecule has 0 saturated heterocycles. The van der Waals surface area contributed by atoms with Crippen LogP contribution in [0, 0.1) is 12.3 Å². The predicted molar refractivity (Wildman–Crippen MR) is 69.1 cm³/mol. The number of nitrogens with one attached hydrogen (secondary N) is 1. The van der Waals surface area contributed by atoms with Crippen LogP contribution in [0.2, 0.25) is 5.02 Å². The molecule has 0 radical (unpaired) electrons. The Morgan fingerprint density at radius 1 is 1.59 bits per heavy atom. The number of hydrogen-bond donors (Lipinski definition) is 3. The van der Waals surface area contributed by atoms with Gasteiger partial charge in [-0.2, -0.15) is 0 Å². The summed E-state index contributed by atoms with van der Waals surface area (Å²) in [6, 6.07) is 5.24. The van der Waals surface area contributed by atoms with E-state index < -0.39 is 0 Å². The zero-order chi connectivity index (χ0) is 12.7. The zero-order valence-electron chi connectivity index (χ0n) is 9.28. The van der Waals surface area contributed by atoms with Crippen molar-refractivity contribution in [3.8, 4) is 12.3 Å². The molecular formula is C12H14ClN3O. The summed E-state index contributed by atoms with van der Waals surface area (Å²) in [7, 11) is 0. The van der Waals surface area contributed by atoms with Gasteiger partial charge in [-0.15, -0.1) is 12.3 Å². The molecule has 4 nitrogen and oxygen atoms in total. The van der Waals surface area contributed by atoms with Gasteiger partial charge in [0.1, 0.15) is 0 Å². The van der Waals surface area contributed by atoms with Crippen molar-refractivity contribution in [1.29, 1.82) is 0 Å². The molecule has 0 amide bonds. The number of benzene rings is 1. The monoisotopic (exact) mass is 251 g/mol. The minimum atomic E-state index is 0.0405. The molecule has 17 heavy (non-hydrogen) atoms. The number of nitrogens with two attached hydrogens (primary N) is 1. The molecular weight excluding hydrogens is 238 g/mol. The molecule has 0 atom stereocenters. The quantitative estimate of drug-likeness (QED) is 0.186. The van der Waals surface area contributed by atoms with Crippen LogP contribution in [0.4, 0.5) is 0 Å². The number of terminal acetylenes is 1. The van der Waals surface area contributed by atoms with Crippen molar-refractivity contribution in [2.45, 2.75) is 13.0 Å². The van der Waals surface area contributed by atoms with E-state index in [2.05, 4.69) is 16.4 Å². The van der Waals surface area contributed by atoms with E-state index in [-0.39, 0.29) is 5.84 Å². The van der Waals surface area contributed by atoms with Gasteiger partial charge in [-0.3, -0.25) is 0 Å². The lowest BCUT2D eigenvalue weighted by molar-refractivity contribution is 0.318. The Balaban J connectivity index is 2.67. The number of amidine groups is 1. The summed E-state index contributed by atoms with van der Waals surface area (Å²) in [6.07, 6.45) is 5.82. The van der Waals surface area contributed by atoms with Crippen molar-refractivity contribution in [1.82, 2.24) is 5.32 Å². The first-order chi connectivity index (χ1) is 8.19. The maximum absolute atomic E-state index is 8.54. The van der Waals surface area contributed by atoms with Crippen molar-refractivity contribution in [2.75, 3.05) is 6.54 Å². The normalized spacial score (nSPS) is 11.2. The summed E-state index contributed by atoms with van der Waals surface area (Å²) in [4.78, 5) is 0. The van der Waals surface area contributed by atoms with Gasteiger partial charge in [0.25, 0.3) is 0 Å². The highest BCUT2D eigenvalue weighted by Gasteiger charge is 2.04. The Hall–Kier alpha value is -1.70. The van der Waals surface area contributed by atoms with E-state index in [1.807, 2.05) is 6.07 Å². The van der Waals surface area contributed by atoms with Crippen LogP contribution in [0.3, 0.4) is 0 Å². The highest BCUT2D eigenvalue weighted by Crippen LogP contribution is 2.17. The van der Waals surface area contributed by atoms with Crippen LogP contribution >= 0.6 is 11.6 Å². The number of halogens is 1. The molecule has 5 heteroatoms. The van der Waals surface area contributed by atoms with Crippen molar-refractivity contribution in [3.05, 3.63) is 34.3 Å². The van der Waals surface area contributed by atoms with Crippen molar-refractivity contribution in [3.63, 3.8) is 0 Å². The lowest BCUT2D eigenvalue weighted by Gasteiger charge is -2.07. The highest BCUT2D eigenvalue weighted by atomic mass is 35.5. The maximum atomic E-state index is 8.54. The fourth-order valence-electron chi connectivity index (χ4n) is 1.29. The first-order valence-electron chi connectivity index (χ1n) is 5.09. The third-order valence-electron chi connectivity index (χ3n) is 2.22. The second-order valence-electron chi connectivity index (χ2n) is 3.42. The van der Waals surface area contributed by atoms with Crippen LogP contribution in [-0.4, -0.2) is 17.6 Å². The third-order valence-corrected chi connectivity index (χ3v) is 2.57. The molecule has 0 aliphatic rings. The van der Waals surface area contributed by atoms with Crippen LogP contribution in [-0.2, 0) is 6.54 Å². The lowest BCUT2D eigenvalue weighted by atomic mass is 10.1. The topological polar surface area (TPSA) is 70.6 Å². The molecule has 1 aromatic carbocycles. The van der Waals surface area contributed by atoms with Gasteiger partial charge in [-0.25, -0.2) is 0 Å². The molecule has 1 aromatic rings. The zero-order valence-corrected chi connectivity index (χ0v) is 10.0. The average molecular weight is 252 g/mol. The fourth-order valence-corrected chi connectivity index (χ4v) is 1.54. The smallest absolute Gasteiger partial charge is 0.170 e. The molecule has 90 valence electrons. The fraction of sp³-hybridized carbons (Fsp3) is 0.250. The molecule has 1 rings (SSSR count). The molecule has 0 spiro atoms. The summed E-state index contributed by atoms with van der Waals surface area (Å²) in [6.45, 7) is 1.38. The standard InChI is InChI=1S/C12H14ClN3O/c1-2-3-6-15-8-10-5-4-9(7-11(10)13)12(14)16-17/h1,4-5,7,15,17H,3,6,8H2,(H2,14,16). The van der Waals surface area contributed by atoms with Crippen LogP contribution in [0.1, 0.15) is 17.5 Å². The van der Waals surface area contributed by atoms with Crippen LogP contribution in [0.25, 0.3) is 0 Å². The van der Waals surface area contributed by atoms with E-state index in [1.54, 1.807) is 12.1 Å². The highest BCUT2D eigenvalue weighted by molar-refractivity contribution is 6.31. The maximum Gasteiger partial charge on any atom is 0.170 e. The van der Waals surface area contributed by atoms with Crippen LogP contribution < -0.4 is 11.1 Å². The van der Waals surface area contributed by atoms with Crippen molar-refractivity contribution in [2.24, 2.45) is 10.9 Å². The minimum absolute atomic E-state index is 0.0405. The Kier molecular flexibility index (Phi) is 5.34. The van der Waals surface area contributed by atoms with Gasteiger partial charge in [-0.1, -0.05) is 28.9 Å². The Bertz CT molecular complexity index is 452. The van der Waals surface area contributed by atoms with Gasteiger partial charge in [0.05, 0.1) is 0 Å². The first kappa shape index (κ1) is 13.4. The summed E-state index contributed by atoms with van der Waals surface area (Å²) < 4.78 is 0. The molecule has 0 saturated carbocycles. The molecule has 0 aliphatic carbocycles. The van der Waals surface area contributed by atoms with E-state index in [1.165, 1.54) is 0 Å². The van der Waals surface area contributed by atoms with E-state index in [0.717, 1.165) is 12.1 Å². The van der Waals surface area contributed by atoms with Gasteiger partial charge in [-0.05, 0) is 11.6 Å². The minimum Gasteiger partial charge on any atom is -0.409 e.